The molecule has 0 spiro atoms. The summed E-state index contributed by atoms with van der Waals surface area (Å²) in [5.41, 5.74) is 10.2. The lowest BCUT2D eigenvalue weighted by Crippen LogP contribution is -2.38. The van der Waals surface area contributed by atoms with Crippen molar-refractivity contribution in [2.24, 2.45) is 5.41 Å². The number of pyridine rings is 1. The number of sulfonamides is 1. The van der Waals surface area contributed by atoms with Crippen molar-refractivity contribution < 1.29 is 17.9 Å². The minimum atomic E-state index is -3.81. The second kappa shape index (κ2) is 14.2. The Kier molecular flexibility index (Phi) is 10.3. The highest BCUT2D eigenvalue weighted by molar-refractivity contribution is 7.89. The molecule has 3 N–H and O–H groups in total. The number of hydrogen-bond donors (Lipinski definition) is 3. The van der Waals surface area contributed by atoms with Gasteiger partial charge in [0.1, 0.15) is 16.7 Å². The van der Waals surface area contributed by atoms with Crippen molar-refractivity contribution in [2.75, 3.05) is 18.4 Å². The largest absolute Gasteiger partial charge is 0.488 e. The summed E-state index contributed by atoms with van der Waals surface area (Å²) < 4.78 is 35.5. The number of nitrogens with one attached hydrogen (secondary N) is 3. The summed E-state index contributed by atoms with van der Waals surface area (Å²) in [6.45, 7) is 11.4. The lowest BCUT2D eigenvalue weighted by atomic mass is 9.71. The highest BCUT2D eigenvalue weighted by atomic mass is 32.2. The summed E-state index contributed by atoms with van der Waals surface area (Å²) in [7, 11) is -3.81. The standard InChI is InChI=1S/C35H46N6O4S/c1-6-19-40-23-29(38-39-40)16-17-31(35(4,5)34(42)37-28-11-10-18-36-21-28)26-15-14-25(3)27(20-26)22-41-24-30(7-2)45-32-12-8-9-13-33(32)46(41,43)44/h8-15,18,20-21,23,30-31,38-39H,6-7,16-17,19,22,24H2,1-5H3,(H,37,42)/t30-,31-/m1/s1. The van der Waals surface area contributed by atoms with Gasteiger partial charge in [-0.25, -0.2) is 8.42 Å². The van der Waals surface area contributed by atoms with E-state index in [1.807, 2.05) is 44.8 Å². The van der Waals surface area contributed by atoms with Crippen LogP contribution in [0.4, 0.5) is 5.69 Å². The highest BCUT2D eigenvalue weighted by Gasteiger charge is 2.39. The van der Waals surface area contributed by atoms with Gasteiger partial charge < -0.3 is 15.5 Å². The summed E-state index contributed by atoms with van der Waals surface area (Å²) in [4.78, 5) is 18.2. The van der Waals surface area contributed by atoms with Crippen molar-refractivity contribution in [3.05, 3.63) is 95.6 Å². The van der Waals surface area contributed by atoms with Gasteiger partial charge >= 0.3 is 0 Å². The molecule has 2 atom stereocenters. The fourth-order valence-corrected chi connectivity index (χ4v) is 7.66. The number of fused-ring (bicyclic) bond motifs is 1. The van der Waals surface area contributed by atoms with Gasteiger partial charge in [0.15, 0.2) is 0 Å². The third-order valence-corrected chi connectivity index (χ3v) is 10.8. The smallest absolute Gasteiger partial charge is 0.247 e. The molecule has 0 radical (unpaired) electrons. The van der Waals surface area contributed by atoms with Crippen LogP contribution in [0.25, 0.3) is 0 Å². The van der Waals surface area contributed by atoms with Crippen molar-refractivity contribution in [1.29, 1.82) is 0 Å². The van der Waals surface area contributed by atoms with Gasteiger partial charge in [-0.05, 0) is 79.5 Å². The molecule has 0 saturated heterocycles. The average Bonchev–Trinajstić information content (AvgIpc) is 3.45. The fraction of sp³-hybridized carbons (Fsp3) is 0.429. The van der Waals surface area contributed by atoms with E-state index in [0.717, 1.165) is 41.8 Å². The molecule has 0 aliphatic carbocycles. The zero-order valence-corrected chi connectivity index (χ0v) is 28.2. The van der Waals surface area contributed by atoms with E-state index in [2.05, 4.69) is 46.5 Å². The number of carbonyl (C=O) groups excluding carboxylic acids is 1. The molecule has 3 heterocycles. The average molecular weight is 647 g/mol. The molecule has 1 amide bonds. The minimum absolute atomic E-state index is 0.110. The van der Waals surface area contributed by atoms with E-state index in [1.54, 1.807) is 42.7 Å². The van der Waals surface area contributed by atoms with Crippen LogP contribution in [0, 0.1) is 12.3 Å². The molecular weight excluding hydrogens is 600 g/mol. The van der Waals surface area contributed by atoms with Crippen LogP contribution in [0.3, 0.4) is 0 Å². The van der Waals surface area contributed by atoms with Crippen LogP contribution in [0.5, 0.6) is 5.75 Å². The third-order valence-electron chi connectivity index (χ3n) is 8.96. The molecular formula is C35H46N6O4S. The van der Waals surface area contributed by atoms with Gasteiger partial charge in [-0.15, -0.1) is 5.53 Å². The normalized spacial score (nSPS) is 18.5. The minimum Gasteiger partial charge on any atom is -0.488 e. The number of hydrazine groups is 2. The number of allylic oxidation sites excluding steroid dienone is 1. The lowest BCUT2D eigenvalue weighted by Gasteiger charge is -2.34. The fourth-order valence-electron chi connectivity index (χ4n) is 6.09. The number of hydrogen-bond acceptors (Lipinski definition) is 8. The molecule has 46 heavy (non-hydrogen) atoms. The molecule has 0 fully saturated rings. The van der Waals surface area contributed by atoms with Crippen LogP contribution in [0.1, 0.15) is 76.0 Å². The summed E-state index contributed by atoms with van der Waals surface area (Å²) in [5, 5.41) is 5.09. The van der Waals surface area contributed by atoms with Crippen molar-refractivity contribution in [2.45, 2.75) is 83.8 Å². The molecule has 3 aromatic rings. The molecule has 10 nitrogen and oxygen atoms in total. The van der Waals surface area contributed by atoms with Gasteiger partial charge in [0.25, 0.3) is 0 Å². The first-order valence-corrected chi connectivity index (χ1v) is 17.5. The Morgan fingerprint density at radius 2 is 1.96 bits per heavy atom. The number of carbonyl (C=O) groups is 1. The summed E-state index contributed by atoms with van der Waals surface area (Å²) in [5.74, 6) is 0.103. The van der Waals surface area contributed by atoms with Gasteiger partial charge in [-0.1, -0.05) is 58.0 Å². The number of anilines is 1. The second-order valence-corrected chi connectivity index (χ2v) is 14.6. The summed E-state index contributed by atoms with van der Waals surface area (Å²) in [6, 6.07) is 16.7. The number of aryl methyl sites for hydroxylation is 1. The van der Waals surface area contributed by atoms with Gasteiger partial charge in [-0.2, -0.15) is 4.31 Å². The van der Waals surface area contributed by atoms with E-state index >= 15 is 0 Å². The molecule has 2 aliphatic heterocycles. The van der Waals surface area contributed by atoms with E-state index < -0.39 is 15.4 Å². The lowest BCUT2D eigenvalue weighted by molar-refractivity contribution is -0.125. The molecule has 246 valence electrons. The van der Waals surface area contributed by atoms with Crippen molar-refractivity contribution >= 4 is 21.6 Å². The van der Waals surface area contributed by atoms with Crippen LogP contribution in [-0.4, -0.2) is 47.8 Å². The van der Waals surface area contributed by atoms with E-state index in [-0.39, 0.29) is 35.9 Å². The number of aromatic nitrogens is 1. The van der Waals surface area contributed by atoms with Crippen LogP contribution in [0.2, 0.25) is 0 Å². The zero-order valence-electron chi connectivity index (χ0n) is 27.4. The second-order valence-electron chi connectivity index (χ2n) is 12.7. The van der Waals surface area contributed by atoms with Gasteiger partial charge in [0, 0.05) is 31.2 Å². The Hall–Kier alpha value is -3.93. The number of rotatable bonds is 12. The Morgan fingerprint density at radius 1 is 1.15 bits per heavy atom. The first-order valence-electron chi connectivity index (χ1n) is 16.1. The molecule has 0 unspecified atom stereocenters. The van der Waals surface area contributed by atoms with Crippen molar-refractivity contribution in [3.8, 4) is 5.75 Å². The van der Waals surface area contributed by atoms with Crippen molar-refractivity contribution in [1.82, 2.24) is 25.3 Å². The van der Waals surface area contributed by atoms with E-state index in [1.165, 1.54) is 4.31 Å². The Labute approximate surface area is 273 Å². The van der Waals surface area contributed by atoms with E-state index in [9.17, 15) is 13.2 Å². The van der Waals surface area contributed by atoms with Gasteiger partial charge in [-0.3, -0.25) is 14.8 Å². The SMILES string of the molecule is CCCN1C=C(CC[C@H](c2ccc(C)c(CN3C[C@@H](CC)Oc4ccccc4S3(=O)=O)c2)C(C)(C)C(=O)Nc2cccnc2)NN1. The Morgan fingerprint density at radius 3 is 2.70 bits per heavy atom. The number of ether oxygens (including phenoxy) is 1. The quantitative estimate of drug-likeness (QED) is 0.224. The maximum Gasteiger partial charge on any atom is 0.247 e. The summed E-state index contributed by atoms with van der Waals surface area (Å²) in [6.07, 6.45) is 8.23. The molecule has 0 bridgehead atoms. The molecule has 5 rings (SSSR count). The van der Waals surface area contributed by atoms with E-state index in [0.29, 0.717) is 24.3 Å². The number of para-hydroxylation sites is 1. The maximum atomic E-state index is 13.9. The molecule has 2 aromatic carbocycles. The molecule has 2 aliphatic rings. The van der Waals surface area contributed by atoms with Crippen LogP contribution >= 0.6 is 0 Å². The summed E-state index contributed by atoms with van der Waals surface area (Å²) >= 11 is 0. The predicted molar refractivity (Wildman–Crippen MR) is 180 cm³/mol. The topological polar surface area (TPSA) is 116 Å². The van der Waals surface area contributed by atoms with Crippen LogP contribution in [-0.2, 0) is 21.4 Å². The molecule has 11 heteroatoms. The van der Waals surface area contributed by atoms with Gasteiger partial charge in [0.05, 0.1) is 23.8 Å². The van der Waals surface area contributed by atoms with Gasteiger partial charge in [0.2, 0.25) is 15.9 Å². The highest BCUT2D eigenvalue weighted by Crippen LogP contribution is 2.42. The first kappa shape index (κ1) is 33.4. The van der Waals surface area contributed by atoms with Crippen LogP contribution in [0.15, 0.2) is 83.8 Å². The Balaban J connectivity index is 1.47. The zero-order chi connectivity index (χ0) is 32.9. The van der Waals surface area contributed by atoms with E-state index in [4.69, 9.17) is 4.74 Å². The molecule has 0 saturated carbocycles. The Bertz CT molecular complexity index is 1660. The maximum absolute atomic E-state index is 13.9. The third kappa shape index (κ3) is 7.37. The predicted octanol–water partition coefficient (Wildman–Crippen LogP) is 5.86. The monoisotopic (exact) mass is 646 g/mol. The first-order chi connectivity index (χ1) is 22.0. The van der Waals surface area contributed by atoms with Crippen molar-refractivity contribution in [3.63, 3.8) is 0 Å². The van der Waals surface area contributed by atoms with Crippen LogP contribution < -0.4 is 21.0 Å². The number of amides is 1. The number of benzene rings is 2. The molecule has 1 aromatic heterocycles. The number of nitrogens with zero attached hydrogens (tertiary/aromatic N) is 3.